The predicted octanol–water partition coefficient (Wildman–Crippen LogP) is 5.25. The molecular formula is C27H31FN2O2. The highest BCUT2D eigenvalue weighted by atomic mass is 19.1. The van der Waals surface area contributed by atoms with Crippen LogP contribution in [-0.4, -0.2) is 29.3 Å². The Morgan fingerprint density at radius 3 is 2.47 bits per heavy atom. The first-order chi connectivity index (χ1) is 15.5. The minimum absolute atomic E-state index is 0.0969. The number of nitrogens with one attached hydrogen (secondary N) is 1. The molecule has 0 aromatic heterocycles. The van der Waals surface area contributed by atoms with Crippen LogP contribution in [0.2, 0.25) is 0 Å². The monoisotopic (exact) mass is 434 g/mol. The summed E-state index contributed by atoms with van der Waals surface area (Å²) < 4.78 is 13.3. The molecule has 0 aliphatic carbocycles. The Morgan fingerprint density at radius 2 is 1.72 bits per heavy atom. The smallest absolute Gasteiger partial charge is 0.242 e. The number of aryl methyl sites for hydroxylation is 1. The molecular weight excluding hydrogens is 403 g/mol. The van der Waals surface area contributed by atoms with Gasteiger partial charge in [0.05, 0.1) is 0 Å². The van der Waals surface area contributed by atoms with Crippen molar-refractivity contribution in [3.8, 4) is 0 Å². The van der Waals surface area contributed by atoms with Gasteiger partial charge in [-0.05, 0) is 53.8 Å². The minimum atomic E-state index is -0.614. The Labute approximate surface area is 189 Å². The summed E-state index contributed by atoms with van der Waals surface area (Å²) in [6.07, 6.45) is 2.76. The van der Waals surface area contributed by atoms with E-state index in [1.165, 1.54) is 12.1 Å². The van der Waals surface area contributed by atoms with E-state index >= 15 is 0 Å². The number of hydrogen-bond acceptors (Lipinski definition) is 2. The van der Waals surface area contributed by atoms with Crippen LogP contribution in [-0.2, 0) is 22.6 Å². The molecule has 3 rings (SSSR count). The molecule has 4 nitrogen and oxygen atoms in total. The number of halogens is 1. The fourth-order valence-electron chi connectivity index (χ4n) is 3.80. The number of rotatable bonds is 10. The molecule has 0 bridgehead atoms. The molecule has 0 spiro atoms. The van der Waals surface area contributed by atoms with E-state index in [2.05, 4.69) is 30.4 Å². The fraction of sp³-hybridized carbons (Fsp3) is 0.333. The molecule has 3 aromatic rings. The lowest BCUT2D eigenvalue weighted by molar-refractivity contribution is -0.140. The summed E-state index contributed by atoms with van der Waals surface area (Å²) in [7, 11) is 0. The lowest BCUT2D eigenvalue weighted by Crippen LogP contribution is -2.47. The molecule has 0 heterocycles. The Morgan fingerprint density at radius 1 is 1.00 bits per heavy atom. The molecule has 0 saturated carbocycles. The maximum Gasteiger partial charge on any atom is 0.242 e. The standard InChI is InChI=1S/C27H31FN2O2/c1-3-4-18-29-27(32)20(2)30(19-21-12-15-24(28)16-13-21)26(31)17-14-23-10-7-9-22-8-5-6-11-25(22)23/h5-13,15-16,20H,3-4,14,17-19H2,1-2H3,(H,29,32)/t20-/m1/s1. The van der Waals surface area contributed by atoms with E-state index in [9.17, 15) is 14.0 Å². The van der Waals surface area contributed by atoms with E-state index < -0.39 is 6.04 Å². The molecule has 0 radical (unpaired) electrons. The first kappa shape index (κ1) is 23.5. The summed E-state index contributed by atoms with van der Waals surface area (Å²) in [5.74, 6) is -0.590. The van der Waals surface area contributed by atoms with Gasteiger partial charge in [-0.2, -0.15) is 0 Å². The number of hydrogen-bond donors (Lipinski definition) is 1. The van der Waals surface area contributed by atoms with E-state index in [4.69, 9.17) is 0 Å². The van der Waals surface area contributed by atoms with Gasteiger partial charge < -0.3 is 10.2 Å². The fourth-order valence-corrected chi connectivity index (χ4v) is 3.80. The van der Waals surface area contributed by atoms with Gasteiger partial charge in [0.1, 0.15) is 11.9 Å². The Hall–Kier alpha value is -3.21. The van der Waals surface area contributed by atoms with Gasteiger partial charge in [0.2, 0.25) is 11.8 Å². The SMILES string of the molecule is CCCCNC(=O)[C@@H](C)N(Cc1ccc(F)cc1)C(=O)CCc1cccc2ccccc12. The number of carbonyl (C=O) groups is 2. The van der Waals surface area contributed by atoms with Gasteiger partial charge in [0.15, 0.2) is 0 Å². The van der Waals surface area contributed by atoms with E-state index in [-0.39, 0.29) is 24.2 Å². The average Bonchev–Trinajstić information content (AvgIpc) is 2.81. The molecule has 168 valence electrons. The molecule has 0 saturated heterocycles. The van der Waals surface area contributed by atoms with Gasteiger partial charge in [-0.25, -0.2) is 4.39 Å². The van der Waals surface area contributed by atoms with E-state index in [1.807, 2.05) is 24.3 Å². The van der Waals surface area contributed by atoms with Crippen molar-refractivity contribution in [1.29, 1.82) is 0 Å². The highest BCUT2D eigenvalue weighted by molar-refractivity contribution is 5.88. The van der Waals surface area contributed by atoms with Gasteiger partial charge in [-0.15, -0.1) is 0 Å². The zero-order chi connectivity index (χ0) is 22.9. The summed E-state index contributed by atoms with van der Waals surface area (Å²) in [6.45, 7) is 4.67. The Balaban J connectivity index is 1.75. The number of nitrogens with zero attached hydrogens (tertiary/aromatic N) is 1. The molecule has 0 aliphatic rings. The topological polar surface area (TPSA) is 49.4 Å². The molecule has 1 N–H and O–H groups in total. The molecule has 3 aromatic carbocycles. The molecule has 1 atom stereocenters. The summed E-state index contributed by atoms with van der Waals surface area (Å²) in [6, 6.07) is 19.7. The van der Waals surface area contributed by atoms with Crippen molar-refractivity contribution in [2.24, 2.45) is 0 Å². The van der Waals surface area contributed by atoms with Crippen LogP contribution in [0.15, 0.2) is 66.7 Å². The van der Waals surface area contributed by atoms with Crippen LogP contribution in [0.3, 0.4) is 0 Å². The largest absolute Gasteiger partial charge is 0.354 e. The van der Waals surface area contributed by atoms with E-state index in [0.717, 1.165) is 34.7 Å². The zero-order valence-corrected chi connectivity index (χ0v) is 18.8. The number of unbranched alkanes of at least 4 members (excludes halogenated alkanes) is 1. The van der Waals surface area contributed by atoms with Crippen LogP contribution in [0.5, 0.6) is 0 Å². The summed E-state index contributed by atoms with van der Waals surface area (Å²) in [5, 5.41) is 5.20. The molecule has 0 aliphatic heterocycles. The Kier molecular flexibility index (Phi) is 8.37. The lowest BCUT2D eigenvalue weighted by Gasteiger charge is -2.29. The maximum atomic E-state index is 13.3. The Bertz CT molecular complexity index is 1040. The molecule has 0 unspecified atom stereocenters. The van der Waals surface area contributed by atoms with Gasteiger partial charge in [-0.1, -0.05) is 67.9 Å². The first-order valence-corrected chi connectivity index (χ1v) is 11.3. The van der Waals surface area contributed by atoms with Crippen molar-refractivity contribution in [3.05, 3.63) is 83.7 Å². The number of fused-ring (bicyclic) bond motifs is 1. The van der Waals surface area contributed by atoms with Crippen LogP contribution in [0.1, 0.15) is 44.2 Å². The van der Waals surface area contributed by atoms with Crippen molar-refractivity contribution in [1.82, 2.24) is 10.2 Å². The van der Waals surface area contributed by atoms with Crippen molar-refractivity contribution >= 4 is 22.6 Å². The van der Waals surface area contributed by atoms with Crippen molar-refractivity contribution in [2.75, 3.05) is 6.54 Å². The van der Waals surface area contributed by atoms with Crippen LogP contribution in [0.25, 0.3) is 10.8 Å². The molecule has 32 heavy (non-hydrogen) atoms. The third-order valence-corrected chi connectivity index (χ3v) is 5.75. The van der Waals surface area contributed by atoms with Gasteiger partial charge >= 0.3 is 0 Å². The van der Waals surface area contributed by atoms with Gasteiger partial charge in [0, 0.05) is 19.5 Å². The van der Waals surface area contributed by atoms with E-state index in [1.54, 1.807) is 24.0 Å². The number of carbonyl (C=O) groups excluding carboxylic acids is 2. The van der Waals surface area contributed by atoms with Crippen LogP contribution in [0.4, 0.5) is 4.39 Å². The summed E-state index contributed by atoms with van der Waals surface area (Å²) in [4.78, 5) is 27.6. The van der Waals surface area contributed by atoms with Crippen molar-refractivity contribution < 1.29 is 14.0 Å². The predicted molar refractivity (Wildman–Crippen MR) is 127 cm³/mol. The second-order valence-corrected chi connectivity index (χ2v) is 8.11. The molecule has 5 heteroatoms. The van der Waals surface area contributed by atoms with Gasteiger partial charge in [-0.3, -0.25) is 9.59 Å². The second-order valence-electron chi connectivity index (χ2n) is 8.11. The minimum Gasteiger partial charge on any atom is -0.354 e. The average molecular weight is 435 g/mol. The summed E-state index contributed by atoms with van der Waals surface area (Å²) in [5.41, 5.74) is 1.90. The van der Waals surface area contributed by atoms with Crippen molar-refractivity contribution in [2.45, 2.75) is 52.1 Å². The second kappa shape index (κ2) is 11.4. The zero-order valence-electron chi connectivity index (χ0n) is 18.8. The highest BCUT2D eigenvalue weighted by Crippen LogP contribution is 2.21. The molecule has 2 amide bonds. The highest BCUT2D eigenvalue weighted by Gasteiger charge is 2.25. The quantitative estimate of drug-likeness (QED) is 0.443. The van der Waals surface area contributed by atoms with Crippen molar-refractivity contribution in [3.63, 3.8) is 0 Å². The maximum absolute atomic E-state index is 13.3. The summed E-state index contributed by atoms with van der Waals surface area (Å²) >= 11 is 0. The molecule has 0 fully saturated rings. The number of benzene rings is 3. The van der Waals surface area contributed by atoms with Gasteiger partial charge in [0.25, 0.3) is 0 Å². The van der Waals surface area contributed by atoms with Crippen LogP contribution >= 0.6 is 0 Å². The lowest BCUT2D eigenvalue weighted by atomic mass is 10.0. The third-order valence-electron chi connectivity index (χ3n) is 5.75. The van der Waals surface area contributed by atoms with Crippen LogP contribution in [0, 0.1) is 5.82 Å². The third kappa shape index (κ3) is 6.16. The first-order valence-electron chi connectivity index (χ1n) is 11.3. The van der Waals surface area contributed by atoms with Crippen LogP contribution < -0.4 is 5.32 Å². The normalized spacial score (nSPS) is 11.8. The number of amides is 2. The van der Waals surface area contributed by atoms with E-state index in [0.29, 0.717) is 19.4 Å².